The Kier molecular flexibility index (Phi) is 4.73. The first-order valence-electron chi connectivity index (χ1n) is 8.64. The topological polar surface area (TPSA) is 59.4 Å². The standard InChI is InChI=1S/C17H28N4O2/c1-17(2,3)21-11-13(10-18-21)19-16(22)15-12-23-9-8-20(15)14-6-4-5-7-14/h10-11,14-15H,4-9,12H2,1-3H3,(H,19,22). The van der Waals surface area contributed by atoms with Crippen molar-refractivity contribution in [3.05, 3.63) is 12.4 Å². The smallest absolute Gasteiger partial charge is 0.244 e. The van der Waals surface area contributed by atoms with Crippen molar-refractivity contribution in [2.75, 3.05) is 25.1 Å². The number of ether oxygens (including phenoxy) is 1. The molecule has 2 aliphatic rings. The van der Waals surface area contributed by atoms with E-state index in [1.165, 1.54) is 25.7 Å². The van der Waals surface area contributed by atoms with E-state index in [0.29, 0.717) is 12.6 Å². The largest absolute Gasteiger partial charge is 0.378 e. The molecule has 0 aromatic carbocycles. The molecule has 0 bridgehead atoms. The number of aromatic nitrogens is 2. The Bertz CT molecular complexity index is 543. The molecule has 2 heterocycles. The van der Waals surface area contributed by atoms with Crippen LogP contribution in [0.3, 0.4) is 0 Å². The fraction of sp³-hybridized carbons (Fsp3) is 0.765. The van der Waals surface area contributed by atoms with Crippen molar-refractivity contribution in [1.29, 1.82) is 0 Å². The van der Waals surface area contributed by atoms with Gasteiger partial charge in [-0.05, 0) is 33.6 Å². The van der Waals surface area contributed by atoms with Crippen molar-refractivity contribution in [3.8, 4) is 0 Å². The monoisotopic (exact) mass is 320 g/mol. The first kappa shape index (κ1) is 16.5. The van der Waals surface area contributed by atoms with Gasteiger partial charge in [-0.2, -0.15) is 5.10 Å². The van der Waals surface area contributed by atoms with E-state index in [0.717, 1.165) is 18.8 Å². The number of nitrogens with one attached hydrogen (secondary N) is 1. The van der Waals surface area contributed by atoms with E-state index in [1.54, 1.807) is 6.20 Å². The van der Waals surface area contributed by atoms with Gasteiger partial charge in [0.25, 0.3) is 0 Å². The summed E-state index contributed by atoms with van der Waals surface area (Å²) >= 11 is 0. The third kappa shape index (κ3) is 3.75. The van der Waals surface area contributed by atoms with Crippen LogP contribution in [0.25, 0.3) is 0 Å². The number of rotatable bonds is 3. The molecule has 0 radical (unpaired) electrons. The number of carbonyl (C=O) groups is 1. The second-order valence-electron chi connectivity index (χ2n) is 7.60. The van der Waals surface area contributed by atoms with Gasteiger partial charge in [0.1, 0.15) is 6.04 Å². The Balaban J connectivity index is 1.67. The van der Waals surface area contributed by atoms with Crippen LogP contribution in [-0.2, 0) is 15.1 Å². The van der Waals surface area contributed by atoms with Gasteiger partial charge in [-0.25, -0.2) is 0 Å². The van der Waals surface area contributed by atoms with E-state index in [1.807, 2.05) is 10.9 Å². The molecule has 128 valence electrons. The lowest BCUT2D eigenvalue weighted by molar-refractivity contribution is -0.129. The zero-order valence-electron chi connectivity index (χ0n) is 14.4. The maximum atomic E-state index is 12.7. The summed E-state index contributed by atoms with van der Waals surface area (Å²) in [6.07, 6.45) is 8.55. The fourth-order valence-corrected chi connectivity index (χ4v) is 3.50. The predicted molar refractivity (Wildman–Crippen MR) is 89.4 cm³/mol. The van der Waals surface area contributed by atoms with Crippen LogP contribution in [0.2, 0.25) is 0 Å². The van der Waals surface area contributed by atoms with E-state index in [9.17, 15) is 4.79 Å². The van der Waals surface area contributed by atoms with Gasteiger partial charge in [-0.15, -0.1) is 0 Å². The quantitative estimate of drug-likeness (QED) is 0.928. The number of hydrogen-bond acceptors (Lipinski definition) is 4. The Labute approximate surface area is 138 Å². The maximum absolute atomic E-state index is 12.7. The van der Waals surface area contributed by atoms with Crippen LogP contribution < -0.4 is 5.32 Å². The number of anilines is 1. The molecule has 1 amide bonds. The second-order valence-corrected chi connectivity index (χ2v) is 7.60. The highest BCUT2D eigenvalue weighted by Gasteiger charge is 2.35. The van der Waals surface area contributed by atoms with Gasteiger partial charge in [0.2, 0.25) is 5.91 Å². The molecule has 1 aromatic rings. The molecule has 3 rings (SSSR count). The molecule has 6 nitrogen and oxygen atoms in total. The van der Waals surface area contributed by atoms with Crippen molar-refractivity contribution >= 4 is 11.6 Å². The molecule has 1 saturated carbocycles. The van der Waals surface area contributed by atoms with Crippen molar-refractivity contribution < 1.29 is 9.53 Å². The van der Waals surface area contributed by atoms with Gasteiger partial charge >= 0.3 is 0 Å². The van der Waals surface area contributed by atoms with Crippen LogP contribution in [0.4, 0.5) is 5.69 Å². The molecule has 2 fully saturated rings. The highest BCUT2D eigenvalue weighted by molar-refractivity contribution is 5.94. The molecule has 1 aliphatic carbocycles. The third-order valence-electron chi connectivity index (χ3n) is 4.80. The number of hydrogen-bond donors (Lipinski definition) is 1. The first-order chi connectivity index (χ1) is 10.9. The summed E-state index contributed by atoms with van der Waals surface area (Å²) < 4.78 is 7.44. The molecule has 1 saturated heterocycles. The summed E-state index contributed by atoms with van der Waals surface area (Å²) in [5.74, 6) is 0.0186. The van der Waals surface area contributed by atoms with Crippen LogP contribution >= 0.6 is 0 Å². The number of carbonyl (C=O) groups excluding carboxylic acids is 1. The normalized spacial score (nSPS) is 24.0. The summed E-state index contributed by atoms with van der Waals surface area (Å²) in [6, 6.07) is 0.344. The van der Waals surface area contributed by atoms with Crippen LogP contribution in [0.5, 0.6) is 0 Å². The summed E-state index contributed by atoms with van der Waals surface area (Å²) in [6.45, 7) is 8.31. The molecule has 1 unspecified atom stereocenters. The molecule has 1 atom stereocenters. The van der Waals surface area contributed by atoms with E-state index in [-0.39, 0.29) is 17.5 Å². The molecule has 1 aliphatic heterocycles. The van der Waals surface area contributed by atoms with Crippen LogP contribution in [0.15, 0.2) is 12.4 Å². The Hall–Kier alpha value is -1.40. The van der Waals surface area contributed by atoms with Gasteiger partial charge in [-0.3, -0.25) is 14.4 Å². The zero-order valence-corrected chi connectivity index (χ0v) is 14.4. The Morgan fingerprint density at radius 2 is 2.09 bits per heavy atom. The number of morpholine rings is 1. The van der Waals surface area contributed by atoms with Gasteiger partial charge in [-0.1, -0.05) is 12.8 Å². The minimum atomic E-state index is -0.190. The maximum Gasteiger partial charge on any atom is 0.244 e. The zero-order chi connectivity index (χ0) is 16.4. The summed E-state index contributed by atoms with van der Waals surface area (Å²) in [5, 5.41) is 7.35. The van der Waals surface area contributed by atoms with Crippen molar-refractivity contribution in [2.45, 2.75) is 64.1 Å². The van der Waals surface area contributed by atoms with E-state index in [4.69, 9.17) is 4.74 Å². The lowest BCUT2D eigenvalue weighted by Gasteiger charge is -2.38. The van der Waals surface area contributed by atoms with Gasteiger partial charge < -0.3 is 10.1 Å². The summed E-state index contributed by atoms with van der Waals surface area (Å²) in [5.41, 5.74) is 0.661. The minimum absolute atomic E-state index is 0.0186. The lowest BCUT2D eigenvalue weighted by atomic mass is 10.1. The molecule has 0 spiro atoms. The fourth-order valence-electron chi connectivity index (χ4n) is 3.50. The minimum Gasteiger partial charge on any atom is -0.378 e. The summed E-state index contributed by atoms with van der Waals surface area (Å²) in [4.78, 5) is 15.1. The van der Waals surface area contributed by atoms with E-state index >= 15 is 0 Å². The molecular weight excluding hydrogens is 292 g/mol. The molecule has 6 heteroatoms. The molecule has 1 aromatic heterocycles. The third-order valence-corrected chi connectivity index (χ3v) is 4.80. The average molecular weight is 320 g/mol. The first-order valence-corrected chi connectivity index (χ1v) is 8.64. The SMILES string of the molecule is CC(C)(C)n1cc(NC(=O)C2COCCN2C2CCCC2)cn1. The predicted octanol–water partition coefficient (Wildman–Crippen LogP) is 2.22. The van der Waals surface area contributed by atoms with Crippen molar-refractivity contribution in [3.63, 3.8) is 0 Å². The van der Waals surface area contributed by atoms with E-state index in [2.05, 4.69) is 36.1 Å². The number of nitrogens with zero attached hydrogens (tertiary/aromatic N) is 3. The van der Waals surface area contributed by atoms with Crippen LogP contribution in [0.1, 0.15) is 46.5 Å². The second kappa shape index (κ2) is 6.61. The van der Waals surface area contributed by atoms with Gasteiger partial charge in [0, 0.05) is 18.8 Å². The lowest BCUT2D eigenvalue weighted by Crippen LogP contribution is -2.55. The molecule has 1 N–H and O–H groups in total. The average Bonchev–Trinajstić information content (AvgIpc) is 3.18. The highest BCUT2D eigenvalue weighted by atomic mass is 16.5. The molecular formula is C17H28N4O2. The van der Waals surface area contributed by atoms with E-state index < -0.39 is 0 Å². The van der Waals surface area contributed by atoms with Crippen LogP contribution in [-0.4, -0.2) is 52.4 Å². The summed E-state index contributed by atoms with van der Waals surface area (Å²) in [7, 11) is 0. The van der Waals surface area contributed by atoms with Gasteiger partial charge in [0.05, 0.1) is 30.6 Å². The molecule has 23 heavy (non-hydrogen) atoms. The van der Waals surface area contributed by atoms with Gasteiger partial charge in [0.15, 0.2) is 0 Å². The van der Waals surface area contributed by atoms with Crippen molar-refractivity contribution in [1.82, 2.24) is 14.7 Å². The Morgan fingerprint density at radius 3 is 2.74 bits per heavy atom. The van der Waals surface area contributed by atoms with Crippen LogP contribution in [0, 0.1) is 0 Å². The van der Waals surface area contributed by atoms with Crippen molar-refractivity contribution in [2.24, 2.45) is 0 Å². The number of amides is 1. The highest BCUT2D eigenvalue weighted by Crippen LogP contribution is 2.27. The Morgan fingerprint density at radius 1 is 1.35 bits per heavy atom.